The van der Waals surface area contributed by atoms with Gasteiger partial charge in [-0.25, -0.2) is 4.90 Å². The largest absolute Gasteiger partial charge is 0.497 e. The molecular weight excluding hydrogens is 433 g/mol. The van der Waals surface area contributed by atoms with Crippen LogP contribution in [0, 0.1) is 6.92 Å². The van der Waals surface area contributed by atoms with E-state index in [1.54, 1.807) is 48.5 Å². The summed E-state index contributed by atoms with van der Waals surface area (Å²) in [5.41, 5.74) is 0.835. The molecule has 0 spiro atoms. The van der Waals surface area contributed by atoms with Gasteiger partial charge in [0.25, 0.3) is 11.8 Å². The summed E-state index contributed by atoms with van der Waals surface area (Å²) in [6.45, 7) is 1.88. The number of carbonyl (C=O) groups excluding carboxylic acids is 2. The fraction of sp³-hybridized carbons (Fsp3) is 0.120. The quantitative estimate of drug-likeness (QED) is 0.526. The van der Waals surface area contributed by atoms with E-state index in [1.165, 1.54) is 13.2 Å². The summed E-state index contributed by atoms with van der Waals surface area (Å²) in [5.74, 6) is -0.935. The summed E-state index contributed by atoms with van der Waals surface area (Å²) < 4.78 is 44.9. The molecule has 0 aromatic heterocycles. The Kier molecular flexibility index (Phi) is 5.68. The van der Waals surface area contributed by atoms with Crippen LogP contribution in [0.1, 0.15) is 16.7 Å². The summed E-state index contributed by atoms with van der Waals surface area (Å²) in [5, 5.41) is 2.97. The second-order valence-electron chi connectivity index (χ2n) is 7.47. The van der Waals surface area contributed by atoms with E-state index in [4.69, 9.17) is 4.74 Å². The maximum absolute atomic E-state index is 13.4. The molecule has 8 heteroatoms. The van der Waals surface area contributed by atoms with E-state index in [1.807, 2.05) is 6.92 Å². The number of nitrogens with zero attached hydrogens (tertiary/aromatic N) is 1. The molecular formula is C25H19F3N2O3. The second-order valence-corrected chi connectivity index (χ2v) is 7.47. The molecule has 0 atom stereocenters. The molecule has 0 unspecified atom stereocenters. The number of anilines is 2. The van der Waals surface area contributed by atoms with Gasteiger partial charge in [0.05, 0.1) is 23.9 Å². The molecule has 0 saturated carbocycles. The van der Waals surface area contributed by atoms with Gasteiger partial charge in [0.2, 0.25) is 0 Å². The van der Waals surface area contributed by atoms with Gasteiger partial charge in [0.15, 0.2) is 0 Å². The number of rotatable bonds is 5. The van der Waals surface area contributed by atoms with Crippen molar-refractivity contribution in [1.82, 2.24) is 0 Å². The number of amides is 2. The standard InChI is InChI=1S/C25H19F3N2O3/c1-15-9-11-16(12-10-15)21-22(29-18-6-4-8-20(14-18)33-2)24(32)30(23(21)31)19-7-3-5-17(13-19)25(26,27)28/h3-14,29H,1-2H3. The third-order valence-electron chi connectivity index (χ3n) is 5.19. The zero-order valence-corrected chi connectivity index (χ0v) is 17.7. The third kappa shape index (κ3) is 4.32. The number of nitrogens with one attached hydrogen (secondary N) is 1. The van der Waals surface area contributed by atoms with Crippen LogP contribution in [-0.4, -0.2) is 18.9 Å². The number of hydrogen-bond donors (Lipinski definition) is 1. The van der Waals surface area contributed by atoms with Crippen LogP contribution in [0.25, 0.3) is 5.57 Å². The van der Waals surface area contributed by atoms with Gasteiger partial charge in [-0.05, 0) is 42.8 Å². The van der Waals surface area contributed by atoms with Crippen molar-refractivity contribution < 1.29 is 27.5 Å². The molecule has 1 heterocycles. The first-order chi connectivity index (χ1) is 15.7. The van der Waals surface area contributed by atoms with Crippen molar-refractivity contribution in [3.8, 4) is 5.75 Å². The lowest BCUT2D eigenvalue weighted by atomic mass is 10.0. The summed E-state index contributed by atoms with van der Waals surface area (Å²) in [4.78, 5) is 27.5. The van der Waals surface area contributed by atoms with Crippen LogP contribution in [0.5, 0.6) is 5.75 Å². The molecule has 33 heavy (non-hydrogen) atoms. The van der Waals surface area contributed by atoms with Gasteiger partial charge >= 0.3 is 6.18 Å². The summed E-state index contributed by atoms with van der Waals surface area (Å²) in [6, 6.07) is 17.9. The van der Waals surface area contributed by atoms with E-state index < -0.39 is 23.6 Å². The van der Waals surface area contributed by atoms with Crippen molar-refractivity contribution in [2.45, 2.75) is 13.1 Å². The Morgan fingerprint density at radius 2 is 1.58 bits per heavy atom. The molecule has 3 aromatic carbocycles. The lowest BCUT2D eigenvalue weighted by Crippen LogP contribution is -2.32. The first-order valence-corrected chi connectivity index (χ1v) is 9.97. The highest BCUT2D eigenvalue weighted by molar-refractivity contribution is 6.46. The van der Waals surface area contributed by atoms with E-state index in [2.05, 4.69) is 5.32 Å². The van der Waals surface area contributed by atoms with E-state index in [0.29, 0.717) is 17.0 Å². The monoisotopic (exact) mass is 452 g/mol. The third-order valence-corrected chi connectivity index (χ3v) is 5.19. The number of benzene rings is 3. The average molecular weight is 452 g/mol. The molecule has 1 N–H and O–H groups in total. The smallest absolute Gasteiger partial charge is 0.416 e. The molecule has 4 rings (SSSR count). The van der Waals surface area contributed by atoms with Gasteiger partial charge in [-0.1, -0.05) is 42.0 Å². The maximum Gasteiger partial charge on any atom is 0.416 e. The predicted octanol–water partition coefficient (Wildman–Crippen LogP) is 5.42. The highest BCUT2D eigenvalue weighted by Crippen LogP contribution is 2.37. The number of halogens is 3. The second kappa shape index (κ2) is 8.46. The summed E-state index contributed by atoms with van der Waals surface area (Å²) in [7, 11) is 1.50. The lowest BCUT2D eigenvalue weighted by Gasteiger charge is -2.17. The molecule has 0 radical (unpaired) electrons. The van der Waals surface area contributed by atoms with Gasteiger partial charge < -0.3 is 10.1 Å². The Labute approximate surface area is 188 Å². The SMILES string of the molecule is COc1cccc(NC2=C(c3ccc(C)cc3)C(=O)N(c3cccc(C(F)(F)F)c3)C2=O)c1. The minimum Gasteiger partial charge on any atom is -0.497 e. The van der Waals surface area contributed by atoms with Crippen LogP contribution < -0.4 is 15.0 Å². The fourth-order valence-corrected chi connectivity index (χ4v) is 3.53. The number of aryl methyl sites for hydroxylation is 1. The van der Waals surface area contributed by atoms with Crippen LogP contribution in [0.4, 0.5) is 24.5 Å². The topological polar surface area (TPSA) is 58.6 Å². The van der Waals surface area contributed by atoms with Crippen LogP contribution in [0.3, 0.4) is 0 Å². The number of hydrogen-bond acceptors (Lipinski definition) is 4. The maximum atomic E-state index is 13.4. The average Bonchev–Trinajstić information content (AvgIpc) is 3.03. The zero-order chi connectivity index (χ0) is 23.8. The molecule has 3 aromatic rings. The lowest BCUT2D eigenvalue weighted by molar-refractivity contribution is -0.137. The van der Waals surface area contributed by atoms with Gasteiger partial charge in [0.1, 0.15) is 11.4 Å². The van der Waals surface area contributed by atoms with Crippen LogP contribution in [-0.2, 0) is 15.8 Å². The Balaban J connectivity index is 1.81. The van der Waals surface area contributed by atoms with Crippen molar-refractivity contribution in [2.24, 2.45) is 0 Å². The van der Waals surface area contributed by atoms with Crippen LogP contribution in [0.15, 0.2) is 78.5 Å². The van der Waals surface area contributed by atoms with Crippen molar-refractivity contribution in [2.75, 3.05) is 17.3 Å². The van der Waals surface area contributed by atoms with Gasteiger partial charge in [0, 0.05) is 11.8 Å². The summed E-state index contributed by atoms with van der Waals surface area (Å²) >= 11 is 0. The molecule has 1 aliphatic heterocycles. The van der Waals surface area contributed by atoms with Crippen molar-refractivity contribution >= 4 is 28.8 Å². The first-order valence-electron chi connectivity index (χ1n) is 9.97. The van der Waals surface area contributed by atoms with Crippen LogP contribution >= 0.6 is 0 Å². The molecule has 0 bridgehead atoms. The Hall–Kier alpha value is -4.07. The highest BCUT2D eigenvalue weighted by atomic mass is 19.4. The van der Waals surface area contributed by atoms with E-state index in [9.17, 15) is 22.8 Å². The van der Waals surface area contributed by atoms with E-state index in [-0.39, 0.29) is 17.0 Å². The van der Waals surface area contributed by atoms with Crippen molar-refractivity contribution in [3.05, 3.63) is 95.2 Å². The Morgan fingerprint density at radius 1 is 0.879 bits per heavy atom. The van der Waals surface area contributed by atoms with Crippen molar-refractivity contribution in [1.29, 1.82) is 0 Å². The minimum absolute atomic E-state index is 0.0329. The Bertz CT molecular complexity index is 1260. The van der Waals surface area contributed by atoms with E-state index >= 15 is 0 Å². The van der Waals surface area contributed by atoms with Gasteiger partial charge in [-0.3, -0.25) is 9.59 Å². The fourth-order valence-electron chi connectivity index (χ4n) is 3.53. The normalized spacial score (nSPS) is 14.2. The van der Waals surface area contributed by atoms with Gasteiger partial charge in [-0.2, -0.15) is 13.2 Å². The molecule has 2 amide bonds. The summed E-state index contributed by atoms with van der Waals surface area (Å²) in [6.07, 6.45) is -4.61. The van der Waals surface area contributed by atoms with Gasteiger partial charge in [-0.15, -0.1) is 0 Å². The number of methoxy groups -OCH3 is 1. The minimum atomic E-state index is -4.61. The highest BCUT2D eigenvalue weighted by Gasteiger charge is 2.41. The molecule has 0 aliphatic carbocycles. The number of imide groups is 1. The zero-order valence-electron chi connectivity index (χ0n) is 17.7. The van der Waals surface area contributed by atoms with E-state index in [0.717, 1.165) is 28.7 Å². The number of carbonyl (C=O) groups is 2. The first kappa shape index (κ1) is 22.1. The van der Waals surface area contributed by atoms with Crippen molar-refractivity contribution in [3.63, 3.8) is 0 Å². The molecule has 1 aliphatic rings. The number of alkyl halides is 3. The molecule has 5 nitrogen and oxygen atoms in total. The predicted molar refractivity (Wildman–Crippen MR) is 119 cm³/mol. The number of ether oxygens (including phenoxy) is 1. The molecule has 168 valence electrons. The molecule has 0 saturated heterocycles. The molecule has 0 fully saturated rings. The van der Waals surface area contributed by atoms with Crippen LogP contribution in [0.2, 0.25) is 0 Å². The Morgan fingerprint density at radius 3 is 2.24 bits per heavy atom.